The van der Waals surface area contributed by atoms with Gasteiger partial charge in [0.1, 0.15) is 0 Å². The van der Waals surface area contributed by atoms with Gasteiger partial charge < -0.3 is 16.2 Å². The zero-order chi connectivity index (χ0) is 14.0. The quantitative estimate of drug-likeness (QED) is 0.586. The lowest BCUT2D eigenvalue weighted by Gasteiger charge is -2.09. The molecule has 0 heterocycles. The Kier molecular flexibility index (Phi) is 3.83. The summed E-state index contributed by atoms with van der Waals surface area (Å²) in [5.74, 6) is -0.753. The molecule has 6 heteroatoms. The Balaban J connectivity index is 2.28. The van der Waals surface area contributed by atoms with Crippen molar-refractivity contribution in [2.75, 3.05) is 11.1 Å². The van der Waals surface area contributed by atoms with Gasteiger partial charge in [0, 0.05) is 15.7 Å². The largest absolute Gasteiger partial charge is 0.505 e. The second-order valence-electron chi connectivity index (χ2n) is 3.86. The number of para-hydroxylation sites is 1. The van der Waals surface area contributed by atoms with Gasteiger partial charge in [-0.2, -0.15) is 0 Å². The van der Waals surface area contributed by atoms with Gasteiger partial charge in [-0.3, -0.25) is 4.79 Å². The Bertz CT molecular complexity index is 624. The summed E-state index contributed by atoms with van der Waals surface area (Å²) >= 11 is 11.7. The third kappa shape index (κ3) is 3.10. The lowest BCUT2D eigenvalue weighted by molar-refractivity contribution is 0.102. The van der Waals surface area contributed by atoms with Gasteiger partial charge in [0.25, 0.3) is 5.91 Å². The molecule has 1 amide bonds. The number of benzene rings is 2. The average Bonchev–Trinajstić information content (AvgIpc) is 2.31. The summed E-state index contributed by atoms with van der Waals surface area (Å²) in [5, 5.41) is 13.1. The summed E-state index contributed by atoms with van der Waals surface area (Å²) < 4.78 is 0. The van der Waals surface area contributed by atoms with Crippen molar-refractivity contribution in [1.29, 1.82) is 0 Å². The molecule has 19 heavy (non-hydrogen) atoms. The molecule has 0 saturated carbocycles. The number of carbonyl (C=O) groups is 1. The number of nitrogen functional groups attached to an aromatic ring is 1. The first kappa shape index (κ1) is 13.5. The number of phenols is 1. The molecule has 0 aliphatic carbocycles. The highest BCUT2D eigenvalue weighted by Gasteiger charge is 2.13. The smallest absolute Gasteiger partial charge is 0.259 e. The van der Waals surface area contributed by atoms with Gasteiger partial charge in [-0.05, 0) is 30.3 Å². The molecule has 2 rings (SSSR count). The van der Waals surface area contributed by atoms with E-state index in [1.54, 1.807) is 24.3 Å². The van der Waals surface area contributed by atoms with Crippen LogP contribution in [-0.2, 0) is 0 Å². The van der Waals surface area contributed by atoms with Crippen molar-refractivity contribution < 1.29 is 9.90 Å². The number of nitrogens with two attached hydrogens (primary N) is 1. The first-order valence-electron chi connectivity index (χ1n) is 5.32. The van der Waals surface area contributed by atoms with E-state index in [0.717, 1.165) is 0 Å². The predicted molar refractivity (Wildman–Crippen MR) is 76.9 cm³/mol. The summed E-state index contributed by atoms with van der Waals surface area (Å²) in [6.45, 7) is 0. The van der Waals surface area contributed by atoms with E-state index >= 15 is 0 Å². The fourth-order valence-electron chi connectivity index (χ4n) is 1.57. The number of aromatic hydroxyl groups is 1. The maximum Gasteiger partial charge on any atom is 0.259 e. The lowest BCUT2D eigenvalue weighted by atomic mass is 10.1. The van der Waals surface area contributed by atoms with Gasteiger partial charge >= 0.3 is 0 Å². The Morgan fingerprint density at radius 1 is 1.16 bits per heavy atom. The molecule has 0 unspecified atom stereocenters. The molecule has 0 aromatic heterocycles. The Morgan fingerprint density at radius 2 is 1.79 bits per heavy atom. The van der Waals surface area contributed by atoms with E-state index in [9.17, 15) is 9.90 Å². The molecule has 4 N–H and O–H groups in total. The number of hydrogen-bond donors (Lipinski definition) is 3. The minimum Gasteiger partial charge on any atom is -0.505 e. The second-order valence-corrected chi connectivity index (χ2v) is 4.73. The molecular weight excluding hydrogens is 287 g/mol. The van der Waals surface area contributed by atoms with Crippen LogP contribution in [0.4, 0.5) is 11.4 Å². The van der Waals surface area contributed by atoms with Crippen LogP contribution in [-0.4, -0.2) is 11.0 Å². The zero-order valence-electron chi connectivity index (χ0n) is 9.65. The first-order valence-corrected chi connectivity index (χ1v) is 6.08. The molecule has 2 aromatic rings. The van der Waals surface area contributed by atoms with Crippen LogP contribution in [0.2, 0.25) is 10.0 Å². The summed E-state index contributed by atoms with van der Waals surface area (Å²) in [5.41, 5.74) is 6.18. The number of nitrogens with one attached hydrogen (secondary N) is 1. The monoisotopic (exact) mass is 296 g/mol. The second kappa shape index (κ2) is 5.38. The first-order chi connectivity index (χ1) is 8.97. The van der Waals surface area contributed by atoms with Gasteiger partial charge in [0.05, 0.1) is 11.3 Å². The Morgan fingerprint density at radius 3 is 2.42 bits per heavy atom. The Labute approximate surface area is 119 Å². The molecule has 0 atom stereocenters. The van der Waals surface area contributed by atoms with Crippen molar-refractivity contribution in [3.8, 4) is 5.75 Å². The van der Waals surface area contributed by atoms with E-state index in [1.807, 2.05) is 0 Å². The van der Waals surface area contributed by atoms with Crippen molar-refractivity contribution in [3.05, 3.63) is 52.0 Å². The standard InChI is InChI=1S/C13H10Cl2N2O2/c14-7-4-8(15)6-9(5-7)17-13(19)10-2-1-3-11(16)12(10)18/h1-6,18H,16H2,(H,17,19). The summed E-state index contributed by atoms with van der Waals surface area (Å²) in [6.07, 6.45) is 0. The minimum atomic E-state index is -0.497. The fraction of sp³-hybridized carbons (Fsp3) is 0. The molecule has 0 bridgehead atoms. The normalized spacial score (nSPS) is 10.2. The van der Waals surface area contributed by atoms with Crippen LogP contribution in [0, 0.1) is 0 Å². The number of halogens is 2. The van der Waals surface area contributed by atoms with Crippen LogP contribution in [0.25, 0.3) is 0 Å². The zero-order valence-corrected chi connectivity index (χ0v) is 11.2. The molecule has 98 valence electrons. The number of hydrogen-bond acceptors (Lipinski definition) is 3. The molecule has 0 saturated heterocycles. The van der Waals surface area contributed by atoms with Crippen molar-refractivity contribution in [3.63, 3.8) is 0 Å². The molecule has 0 aliphatic heterocycles. The van der Waals surface area contributed by atoms with E-state index in [0.29, 0.717) is 15.7 Å². The van der Waals surface area contributed by atoms with Crippen LogP contribution in [0.1, 0.15) is 10.4 Å². The maximum atomic E-state index is 12.0. The van der Waals surface area contributed by atoms with Crippen LogP contribution < -0.4 is 11.1 Å². The van der Waals surface area contributed by atoms with Crippen LogP contribution in [0.3, 0.4) is 0 Å². The molecule has 0 aliphatic rings. The molecule has 0 radical (unpaired) electrons. The van der Waals surface area contributed by atoms with E-state index in [1.165, 1.54) is 12.1 Å². The third-order valence-electron chi connectivity index (χ3n) is 2.43. The van der Waals surface area contributed by atoms with Gasteiger partial charge in [-0.25, -0.2) is 0 Å². The van der Waals surface area contributed by atoms with Gasteiger partial charge in [-0.15, -0.1) is 0 Å². The topological polar surface area (TPSA) is 75.4 Å². The van der Waals surface area contributed by atoms with Gasteiger partial charge in [-0.1, -0.05) is 29.3 Å². The van der Waals surface area contributed by atoms with E-state index in [-0.39, 0.29) is 17.0 Å². The van der Waals surface area contributed by atoms with Crippen molar-refractivity contribution >= 4 is 40.5 Å². The van der Waals surface area contributed by atoms with Crippen molar-refractivity contribution in [1.82, 2.24) is 0 Å². The molecular formula is C13H10Cl2N2O2. The lowest BCUT2D eigenvalue weighted by Crippen LogP contribution is -2.12. The van der Waals surface area contributed by atoms with Crippen LogP contribution in [0.5, 0.6) is 5.75 Å². The van der Waals surface area contributed by atoms with E-state index < -0.39 is 5.91 Å². The maximum absolute atomic E-state index is 12.0. The summed E-state index contributed by atoms with van der Waals surface area (Å²) in [7, 11) is 0. The molecule has 0 fully saturated rings. The Hall–Kier alpha value is -1.91. The van der Waals surface area contributed by atoms with Crippen molar-refractivity contribution in [2.45, 2.75) is 0 Å². The highest BCUT2D eigenvalue weighted by molar-refractivity contribution is 6.35. The predicted octanol–water partition coefficient (Wildman–Crippen LogP) is 3.53. The third-order valence-corrected chi connectivity index (χ3v) is 2.87. The number of carbonyl (C=O) groups excluding carboxylic acids is 1. The highest BCUT2D eigenvalue weighted by Crippen LogP contribution is 2.27. The number of phenolic OH excluding ortho intramolecular Hbond substituents is 1. The van der Waals surface area contributed by atoms with E-state index in [2.05, 4.69) is 5.32 Å². The van der Waals surface area contributed by atoms with Crippen LogP contribution >= 0.6 is 23.2 Å². The number of anilines is 2. The van der Waals surface area contributed by atoms with Crippen molar-refractivity contribution in [2.24, 2.45) is 0 Å². The molecule has 2 aromatic carbocycles. The highest BCUT2D eigenvalue weighted by atomic mass is 35.5. The number of amides is 1. The summed E-state index contributed by atoms with van der Waals surface area (Å²) in [4.78, 5) is 12.0. The number of rotatable bonds is 2. The van der Waals surface area contributed by atoms with Crippen LogP contribution in [0.15, 0.2) is 36.4 Å². The van der Waals surface area contributed by atoms with E-state index in [4.69, 9.17) is 28.9 Å². The average molecular weight is 297 g/mol. The molecule has 0 spiro atoms. The SMILES string of the molecule is Nc1cccc(C(=O)Nc2cc(Cl)cc(Cl)c2)c1O. The van der Waals surface area contributed by atoms with Gasteiger partial charge in [0.15, 0.2) is 5.75 Å². The van der Waals surface area contributed by atoms with Gasteiger partial charge in [0.2, 0.25) is 0 Å². The molecule has 4 nitrogen and oxygen atoms in total. The minimum absolute atomic E-state index is 0.0797. The fourth-order valence-corrected chi connectivity index (χ4v) is 2.10. The summed E-state index contributed by atoms with van der Waals surface area (Å²) in [6, 6.07) is 9.20.